The number of hydrogen-bond acceptors (Lipinski definition) is 2. The van der Waals surface area contributed by atoms with Crippen LogP contribution in [0.25, 0.3) is 21.8 Å². The molecule has 0 aliphatic carbocycles. The molecule has 0 aliphatic heterocycles. The molecule has 110 valence electrons. The third kappa shape index (κ3) is 2.55. The Morgan fingerprint density at radius 1 is 1.05 bits per heavy atom. The Hall–Kier alpha value is -1.84. The van der Waals surface area contributed by atoms with E-state index in [4.69, 9.17) is 0 Å². The maximum absolute atomic E-state index is 10.4. The van der Waals surface area contributed by atoms with Crippen LogP contribution in [0.5, 0.6) is 0 Å². The standard InChI is InChI=1S/C18H22N2O/c1-19(2)11-10-18(21)13-8-9-17-15(12-13)14-6-4-5-7-16(14)20(17)3/h4-9,12,18,21H,10-11H2,1-3H3/t18-/m1/s1. The van der Waals surface area contributed by atoms with Gasteiger partial charge in [0.05, 0.1) is 6.10 Å². The lowest BCUT2D eigenvalue weighted by molar-refractivity contribution is 0.154. The van der Waals surface area contributed by atoms with Crippen molar-refractivity contribution >= 4 is 21.8 Å². The number of fused-ring (bicyclic) bond motifs is 3. The smallest absolute Gasteiger partial charge is 0.0802 e. The highest BCUT2D eigenvalue weighted by atomic mass is 16.3. The van der Waals surface area contributed by atoms with E-state index in [-0.39, 0.29) is 0 Å². The van der Waals surface area contributed by atoms with Crippen LogP contribution in [0.3, 0.4) is 0 Å². The van der Waals surface area contributed by atoms with Crippen molar-refractivity contribution < 1.29 is 5.11 Å². The maximum atomic E-state index is 10.4. The second kappa shape index (κ2) is 5.51. The number of aliphatic hydroxyl groups is 1. The fourth-order valence-corrected chi connectivity index (χ4v) is 2.94. The van der Waals surface area contributed by atoms with Crippen LogP contribution in [0, 0.1) is 0 Å². The van der Waals surface area contributed by atoms with Gasteiger partial charge in [0.25, 0.3) is 0 Å². The molecule has 3 aromatic rings. The molecule has 3 heteroatoms. The van der Waals surface area contributed by atoms with Crippen LogP contribution in [-0.2, 0) is 7.05 Å². The first-order valence-corrected chi connectivity index (χ1v) is 7.38. The summed E-state index contributed by atoms with van der Waals surface area (Å²) in [6, 6.07) is 14.7. The Morgan fingerprint density at radius 2 is 1.76 bits per heavy atom. The van der Waals surface area contributed by atoms with Gasteiger partial charge in [-0.1, -0.05) is 24.3 Å². The summed E-state index contributed by atoms with van der Waals surface area (Å²) >= 11 is 0. The highest BCUT2D eigenvalue weighted by Crippen LogP contribution is 2.30. The number of nitrogens with zero attached hydrogens (tertiary/aromatic N) is 2. The molecule has 0 radical (unpaired) electrons. The van der Waals surface area contributed by atoms with Crippen molar-refractivity contribution in [2.24, 2.45) is 7.05 Å². The van der Waals surface area contributed by atoms with E-state index in [9.17, 15) is 5.11 Å². The minimum Gasteiger partial charge on any atom is -0.388 e. The molecule has 1 atom stereocenters. The average molecular weight is 282 g/mol. The molecule has 0 bridgehead atoms. The molecule has 0 saturated carbocycles. The maximum Gasteiger partial charge on any atom is 0.0802 e. The summed E-state index contributed by atoms with van der Waals surface area (Å²) < 4.78 is 2.21. The van der Waals surface area contributed by atoms with Gasteiger partial charge in [-0.15, -0.1) is 0 Å². The van der Waals surface area contributed by atoms with Crippen molar-refractivity contribution in [3.8, 4) is 0 Å². The van der Waals surface area contributed by atoms with Crippen LogP contribution in [0.4, 0.5) is 0 Å². The summed E-state index contributed by atoms with van der Waals surface area (Å²) in [5.41, 5.74) is 3.44. The topological polar surface area (TPSA) is 28.4 Å². The predicted octanol–water partition coefficient (Wildman–Crippen LogP) is 3.32. The van der Waals surface area contributed by atoms with Gasteiger partial charge in [0.1, 0.15) is 0 Å². The molecule has 0 aliphatic rings. The van der Waals surface area contributed by atoms with Crippen molar-refractivity contribution in [1.29, 1.82) is 0 Å². The molecule has 0 amide bonds. The van der Waals surface area contributed by atoms with Gasteiger partial charge >= 0.3 is 0 Å². The lowest BCUT2D eigenvalue weighted by atomic mass is 10.0. The SMILES string of the molecule is CN(C)CC[C@@H](O)c1ccc2c(c1)c1ccccc1n2C. The first-order chi connectivity index (χ1) is 10.1. The molecular formula is C18H22N2O. The highest BCUT2D eigenvalue weighted by molar-refractivity contribution is 6.08. The van der Waals surface area contributed by atoms with Gasteiger partial charge in [0.2, 0.25) is 0 Å². The van der Waals surface area contributed by atoms with Crippen LogP contribution in [0.2, 0.25) is 0 Å². The molecule has 0 fully saturated rings. The van der Waals surface area contributed by atoms with E-state index >= 15 is 0 Å². The fourth-order valence-electron chi connectivity index (χ4n) is 2.94. The molecule has 0 spiro atoms. The van der Waals surface area contributed by atoms with Gasteiger partial charge < -0.3 is 14.6 Å². The number of rotatable bonds is 4. The van der Waals surface area contributed by atoms with Gasteiger partial charge in [-0.05, 0) is 44.3 Å². The molecular weight excluding hydrogens is 260 g/mol. The van der Waals surface area contributed by atoms with Crippen molar-refractivity contribution in [2.75, 3.05) is 20.6 Å². The molecule has 3 rings (SSSR count). The lowest BCUT2D eigenvalue weighted by Crippen LogP contribution is -2.15. The van der Waals surface area contributed by atoms with E-state index in [0.29, 0.717) is 0 Å². The van der Waals surface area contributed by atoms with Crippen LogP contribution in [0.15, 0.2) is 42.5 Å². The van der Waals surface area contributed by atoms with E-state index < -0.39 is 6.10 Å². The number of hydrogen-bond donors (Lipinski definition) is 1. The normalized spacial score (nSPS) is 13.4. The third-order valence-corrected chi connectivity index (χ3v) is 4.17. The summed E-state index contributed by atoms with van der Waals surface area (Å²) in [7, 11) is 6.15. The van der Waals surface area contributed by atoms with Gasteiger partial charge in [-0.2, -0.15) is 0 Å². The van der Waals surface area contributed by atoms with Crippen LogP contribution in [0.1, 0.15) is 18.1 Å². The Morgan fingerprint density at radius 3 is 2.52 bits per heavy atom. The van der Waals surface area contributed by atoms with E-state index in [1.54, 1.807) is 0 Å². The zero-order chi connectivity index (χ0) is 15.0. The summed E-state index contributed by atoms with van der Waals surface area (Å²) in [5, 5.41) is 12.8. The van der Waals surface area contributed by atoms with Gasteiger partial charge in [-0.3, -0.25) is 0 Å². The fraction of sp³-hybridized carbons (Fsp3) is 0.333. The van der Waals surface area contributed by atoms with Crippen molar-refractivity contribution in [3.05, 3.63) is 48.0 Å². The number of aliphatic hydroxyl groups excluding tert-OH is 1. The minimum absolute atomic E-state index is 0.407. The molecule has 0 unspecified atom stereocenters. The quantitative estimate of drug-likeness (QED) is 0.795. The number of aromatic nitrogens is 1. The van der Waals surface area contributed by atoms with Crippen LogP contribution >= 0.6 is 0 Å². The molecule has 3 nitrogen and oxygen atoms in total. The van der Waals surface area contributed by atoms with E-state index in [1.165, 1.54) is 21.8 Å². The van der Waals surface area contributed by atoms with Crippen molar-refractivity contribution in [3.63, 3.8) is 0 Å². The Bertz CT molecular complexity index is 773. The van der Waals surface area contributed by atoms with Gasteiger partial charge in [-0.25, -0.2) is 0 Å². The number of para-hydroxylation sites is 1. The molecule has 0 saturated heterocycles. The number of aryl methyl sites for hydroxylation is 1. The third-order valence-electron chi connectivity index (χ3n) is 4.17. The Labute approximate surface area is 125 Å². The first-order valence-electron chi connectivity index (χ1n) is 7.38. The second-order valence-corrected chi connectivity index (χ2v) is 5.96. The summed E-state index contributed by atoms with van der Waals surface area (Å²) in [4.78, 5) is 2.10. The highest BCUT2D eigenvalue weighted by Gasteiger charge is 2.12. The average Bonchev–Trinajstić information content (AvgIpc) is 2.78. The molecule has 2 aromatic carbocycles. The summed E-state index contributed by atoms with van der Waals surface area (Å²) in [6.45, 7) is 0.884. The van der Waals surface area contributed by atoms with Gasteiger partial charge in [0.15, 0.2) is 0 Å². The summed E-state index contributed by atoms with van der Waals surface area (Å²) in [6.07, 6.45) is 0.347. The van der Waals surface area contributed by atoms with E-state index in [2.05, 4.69) is 52.9 Å². The second-order valence-electron chi connectivity index (χ2n) is 5.96. The zero-order valence-corrected chi connectivity index (χ0v) is 12.9. The van der Waals surface area contributed by atoms with Crippen LogP contribution in [-0.4, -0.2) is 35.2 Å². The predicted molar refractivity (Wildman–Crippen MR) is 88.6 cm³/mol. The number of benzene rings is 2. The van der Waals surface area contributed by atoms with Crippen LogP contribution < -0.4 is 0 Å². The zero-order valence-electron chi connectivity index (χ0n) is 12.9. The molecule has 1 N–H and O–H groups in total. The van der Waals surface area contributed by atoms with E-state index in [0.717, 1.165) is 18.5 Å². The van der Waals surface area contributed by atoms with Crippen molar-refractivity contribution in [1.82, 2.24) is 9.47 Å². The monoisotopic (exact) mass is 282 g/mol. The summed E-state index contributed by atoms with van der Waals surface area (Å²) in [5.74, 6) is 0. The molecule has 21 heavy (non-hydrogen) atoms. The van der Waals surface area contributed by atoms with E-state index in [1.807, 2.05) is 20.2 Å². The first kappa shape index (κ1) is 14.1. The Kier molecular flexibility index (Phi) is 3.70. The molecule has 1 heterocycles. The van der Waals surface area contributed by atoms with Crippen molar-refractivity contribution in [2.45, 2.75) is 12.5 Å². The van der Waals surface area contributed by atoms with Gasteiger partial charge in [0, 0.05) is 35.4 Å². The largest absolute Gasteiger partial charge is 0.388 e. The minimum atomic E-state index is -0.407. The Balaban J connectivity index is 2.05. The lowest BCUT2D eigenvalue weighted by Gasteiger charge is -2.15. The molecule has 1 aromatic heterocycles.